The molecule has 0 aliphatic rings. The Bertz CT molecular complexity index is 1140. The van der Waals surface area contributed by atoms with E-state index < -0.39 is 10.0 Å². The SMILES string of the molecule is Cc1ccc(NC(=O)COc2ccc(N(Cc3ccccc3)S(C)(=O)=O)cc2)cc1C. The van der Waals surface area contributed by atoms with Crippen molar-refractivity contribution in [1.82, 2.24) is 0 Å². The summed E-state index contributed by atoms with van der Waals surface area (Å²) in [6.45, 7) is 4.09. The van der Waals surface area contributed by atoms with Crippen LogP contribution in [-0.2, 0) is 21.4 Å². The first-order valence-electron chi connectivity index (χ1n) is 9.84. The highest BCUT2D eigenvalue weighted by Gasteiger charge is 2.18. The number of ether oxygens (including phenoxy) is 1. The second-order valence-electron chi connectivity index (χ2n) is 7.39. The summed E-state index contributed by atoms with van der Waals surface area (Å²) < 4.78 is 31.5. The zero-order valence-corrected chi connectivity index (χ0v) is 18.6. The number of benzene rings is 3. The largest absolute Gasteiger partial charge is 0.484 e. The van der Waals surface area contributed by atoms with Crippen LogP contribution >= 0.6 is 0 Å². The van der Waals surface area contributed by atoms with Gasteiger partial charge in [-0.25, -0.2) is 8.42 Å². The van der Waals surface area contributed by atoms with Crippen molar-refractivity contribution in [2.75, 3.05) is 22.5 Å². The number of sulfonamides is 1. The molecule has 0 heterocycles. The minimum atomic E-state index is -3.47. The molecule has 0 saturated carbocycles. The maximum absolute atomic E-state index is 12.3. The van der Waals surface area contributed by atoms with Crippen molar-refractivity contribution < 1.29 is 17.9 Å². The molecule has 0 fully saturated rings. The molecule has 1 N–H and O–H groups in total. The highest BCUT2D eigenvalue weighted by atomic mass is 32.2. The van der Waals surface area contributed by atoms with E-state index in [1.54, 1.807) is 24.3 Å². The number of carbonyl (C=O) groups is 1. The minimum Gasteiger partial charge on any atom is -0.484 e. The van der Waals surface area contributed by atoms with Gasteiger partial charge in [0.15, 0.2) is 6.61 Å². The smallest absolute Gasteiger partial charge is 0.262 e. The van der Waals surface area contributed by atoms with E-state index in [-0.39, 0.29) is 19.1 Å². The fourth-order valence-electron chi connectivity index (χ4n) is 3.02. The quantitative estimate of drug-likeness (QED) is 0.569. The third-order valence-electron chi connectivity index (χ3n) is 4.85. The van der Waals surface area contributed by atoms with Gasteiger partial charge in [-0.05, 0) is 66.9 Å². The lowest BCUT2D eigenvalue weighted by molar-refractivity contribution is -0.118. The van der Waals surface area contributed by atoms with E-state index in [4.69, 9.17) is 4.74 Å². The van der Waals surface area contributed by atoms with Crippen LogP contribution in [-0.4, -0.2) is 27.2 Å². The lowest BCUT2D eigenvalue weighted by atomic mass is 10.1. The number of rotatable bonds is 8. The molecule has 162 valence electrons. The number of aryl methyl sites for hydroxylation is 2. The van der Waals surface area contributed by atoms with Crippen molar-refractivity contribution in [3.63, 3.8) is 0 Å². The molecule has 0 bridgehead atoms. The molecule has 31 heavy (non-hydrogen) atoms. The molecule has 1 amide bonds. The molecule has 0 aromatic heterocycles. The van der Waals surface area contributed by atoms with E-state index >= 15 is 0 Å². The van der Waals surface area contributed by atoms with Crippen LogP contribution in [0, 0.1) is 13.8 Å². The Morgan fingerprint density at radius 1 is 0.935 bits per heavy atom. The summed E-state index contributed by atoms with van der Waals surface area (Å²) in [5.41, 5.74) is 4.39. The lowest BCUT2D eigenvalue weighted by Gasteiger charge is -2.22. The molecule has 0 spiro atoms. The van der Waals surface area contributed by atoms with Crippen molar-refractivity contribution in [3.05, 3.63) is 89.5 Å². The number of amides is 1. The van der Waals surface area contributed by atoms with Crippen molar-refractivity contribution in [1.29, 1.82) is 0 Å². The van der Waals surface area contributed by atoms with Gasteiger partial charge in [-0.2, -0.15) is 0 Å². The Balaban J connectivity index is 1.63. The van der Waals surface area contributed by atoms with Gasteiger partial charge in [-0.15, -0.1) is 0 Å². The zero-order chi connectivity index (χ0) is 22.4. The Morgan fingerprint density at radius 3 is 2.23 bits per heavy atom. The molecular weight excluding hydrogens is 412 g/mol. The van der Waals surface area contributed by atoms with Crippen LogP contribution < -0.4 is 14.4 Å². The molecule has 0 radical (unpaired) electrons. The van der Waals surface area contributed by atoms with Gasteiger partial charge in [0.2, 0.25) is 10.0 Å². The fraction of sp³-hybridized carbons (Fsp3) is 0.208. The number of carbonyl (C=O) groups excluding carboxylic acids is 1. The van der Waals surface area contributed by atoms with Crippen molar-refractivity contribution in [3.8, 4) is 5.75 Å². The third-order valence-corrected chi connectivity index (χ3v) is 6.00. The second-order valence-corrected chi connectivity index (χ2v) is 9.29. The van der Waals surface area contributed by atoms with Gasteiger partial charge in [0.05, 0.1) is 18.5 Å². The summed E-state index contributed by atoms with van der Waals surface area (Å²) in [6, 6.07) is 21.7. The maximum atomic E-state index is 12.3. The number of nitrogens with zero attached hydrogens (tertiary/aromatic N) is 1. The number of hydrogen-bond donors (Lipinski definition) is 1. The van der Waals surface area contributed by atoms with E-state index in [1.165, 1.54) is 10.6 Å². The summed E-state index contributed by atoms with van der Waals surface area (Å²) in [7, 11) is -3.47. The van der Waals surface area contributed by atoms with Crippen LogP contribution in [0.15, 0.2) is 72.8 Å². The van der Waals surface area contributed by atoms with Crippen molar-refractivity contribution >= 4 is 27.3 Å². The number of anilines is 2. The van der Waals surface area contributed by atoms with Gasteiger partial charge in [-0.1, -0.05) is 36.4 Å². The van der Waals surface area contributed by atoms with Gasteiger partial charge < -0.3 is 10.1 Å². The van der Waals surface area contributed by atoms with Crippen LogP contribution in [0.5, 0.6) is 5.75 Å². The summed E-state index contributed by atoms with van der Waals surface area (Å²) in [6.07, 6.45) is 1.18. The highest BCUT2D eigenvalue weighted by Crippen LogP contribution is 2.24. The molecule has 0 aliphatic carbocycles. The van der Waals surface area contributed by atoms with Crippen LogP contribution in [0.1, 0.15) is 16.7 Å². The molecule has 0 atom stereocenters. The van der Waals surface area contributed by atoms with Crippen LogP contribution in [0.3, 0.4) is 0 Å². The first kappa shape index (κ1) is 22.4. The molecule has 3 aromatic carbocycles. The Hall–Kier alpha value is -3.32. The van der Waals surface area contributed by atoms with E-state index in [0.29, 0.717) is 11.4 Å². The molecule has 3 aromatic rings. The van der Waals surface area contributed by atoms with Gasteiger partial charge in [0.25, 0.3) is 5.91 Å². The van der Waals surface area contributed by atoms with Gasteiger partial charge in [0.1, 0.15) is 5.75 Å². The van der Waals surface area contributed by atoms with E-state index in [9.17, 15) is 13.2 Å². The van der Waals surface area contributed by atoms with Gasteiger partial charge in [0, 0.05) is 5.69 Å². The van der Waals surface area contributed by atoms with E-state index in [2.05, 4.69) is 5.32 Å². The molecule has 3 rings (SSSR count). The fourth-order valence-corrected chi connectivity index (χ4v) is 3.91. The Kier molecular flexibility index (Phi) is 6.97. The molecule has 7 heteroatoms. The number of nitrogens with one attached hydrogen (secondary N) is 1. The second kappa shape index (κ2) is 9.66. The molecule has 0 aliphatic heterocycles. The van der Waals surface area contributed by atoms with E-state index in [1.807, 2.05) is 62.4 Å². The van der Waals surface area contributed by atoms with Crippen molar-refractivity contribution in [2.24, 2.45) is 0 Å². The highest BCUT2D eigenvalue weighted by molar-refractivity contribution is 7.92. The first-order valence-corrected chi connectivity index (χ1v) is 11.7. The zero-order valence-electron chi connectivity index (χ0n) is 17.8. The van der Waals surface area contributed by atoms with Crippen molar-refractivity contribution in [2.45, 2.75) is 20.4 Å². The Morgan fingerprint density at radius 2 is 1.61 bits per heavy atom. The lowest BCUT2D eigenvalue weighted by Crippen LogP contribution is -2.29. The van der Waals surface area contributed by atoms with E-state index in [0.717, 1.165) is 22.4 Å². The summed E-state index contributed by atoms with van der Waals surface area (Å²) >= 11 is 0. The van der Waals surface area contributed by atoms with Crippen LogP contribution in [0.4, 0.5) is 11.4 Å². The topological polar surface area (TPSA) is 75.7 Å². The molecule has 0 saturated heterocycles. The molecular formula is C24H26N2O4S. The van der Waals surface area contributed by atoms with Gasteiger partial charge >= 0.3 is 0 Å². The Labute approximate surface area is 183 Å². The normalized spacial score (nSPS) is 11.1. The van der Waals surface area contributed by atoms with Crippen LogP contribution in [0.2, 0.25) is 0 Å². The first-order chi connectivity index (χ1) is 14.7. The average molecular weight is 439 g/mol. The average Bonchev–Trinajstić information content (AvgIpc) is 2.74. The molecule has 0 unspecified atom stereocenters. The molecule has 6 nitrogen and oxygen atoms in total. The van der Waals surface area contributed by atoms with Gasteiger partial charge in [-0.3, -0.25) is 9.10 Å². The number of hydrogen-bond acceptors (Lipinski definition) is 4. The van der Waals surface area contributed by atoms with Crippen LogP contribution in [0.25, 0.3) is 0 Å². The standard InChI is InChI=1S/C24H26N2O4S/c1-18-9-10-21(15-19(18)2)25-24(27)17-30-23-13-11-22(12-14-23)26(31(3,28)29)16-20-7-5-4-6-8-20/h4-15H,16-17H2,1-3H3,(H,25,27). The summed E-state index contributed by atoms with van der Waals surface area (Å²) in [4.78, 5) is 12.2. The monoisotopic (exact) mass is 438 g/mol. The maximum Gasteiger partial charge on any atom is 0.262 e. The predicted octanol–water partition coefficient (Wildman–Crippen LogP) is 4.29. The minimum absolute atomic E-state index is 0.147. The summed E-state index contributed by atoms with van der Waals surface area (Å²) in [5.74, 6) is 0.210. The predicted molar refractivity (Wildman–Crippen MR) is 124 cm³/mol. The summed E-state index contributed by atoms with van der Waals surface area (Å²) in [5, 5.41) is 2.81. The third kappa shape index (κ3) is 6.33.